The largest absolute Gasteiger partial charge is 0.465 e. The molecule has 0 saturated heterocycles. The molecule has 0 aliphatic rings. The van der Waals surface area contributed by atoms with Crippen molar-refractivity contribution in [2.75, 3.05) is 12.4 Å². The van der Waals surface area contributed by atoms with Crippen LogP contribution in [0.4, 0.5) is 10.2 Å². The molecule has 2 aromatic rings. The number of ether oxygens (including phenoxy) is 1. The molecule has 0 aliphatic heterocycles. The molecule has 5 heteroatoms. The number of pyridine rings is 1. The van der Waals surface area contributed by atoms with Crippen LogP contribution in [0, 0.1) is 5.82 Å². The number of hydrogen-bond acceptors (Lipinski definition) is 4. The zero-order valence-corrected chi connectivity index (χ0v) is 11.3. The number of esters is 1. The van der Waals surface area contributed by atoms with Gasteiger partial charge in [-0.15, -0.1) is 0 Å². The van der Waals surface area contributed by atoms with Gasteiger partial charge in [-0.05, 0) is 18.6 Å². The molecular weight excluding hydrogens is 259 g/mol. The zero-order valence-electron chi connectivity index (χ0n) is 11.3. The average Bonchev–Trinajstić information content (AvgIpc) is 2.49. The first-order valence-corrected chi connectivity index (χ1v) is 6.17. The van der Waals surface area contributed by atoms with Crippen LogP contribution in [0.15, 0.2) is 42.6 Å². The molecule has 1 aromatic heterocycles. The summed E-state index contributed by atoms with van der Waals surface area (Å²) in [5.41, 5.74) is 1.11. The van der Waals surface area contributed by atoms with Crippen LogP contribution < -0.4 is 5.32 Å². The van der Waals surface area contributed by atoms with Gasteiger partial charge in [0.2, 0.25) is 0 Å². The van der Waals surface area contributed by atoms with Gasteiger partial charge in [0.05, 0.1) is 18.7 Å². The van der Waals surface area contributed by atoms with Crippen LogP contribution in [0.5, 0.6) is 0 Å². The van der Waals surface area contributed by atoms with Gasteiger partial charge in [0, 0.05) is 6.20 Å². The Balaban J connectivity index is 2.16. The maximum atomic E-state index is 13.9. The number of aromatic nitrogens is 1. The van der Waals surface area contributed by atoms with E-state index in [1.54, 1.807) is 0 Å². The van der Waals surface area contributed by atoms with Gasteiger partial charge in [-0.3, -0.25) is 0 Å². The maximum Gasteiger partial charge on any atom is 0.339 e. The lowest BCUT2D eigenvalue weighted by atomic mass is 10.1. The molecule has 4 nitrogen and oxygen atoms in total. The first kappa shape index (κ1) is 14.0. The van der Waals surface area contributed by atoms with Crippen LogP contribution in [-0.4, -0.2) is 18.1 Å². The summed E-state index contributed by atoms with van der Waals surface area (Å²) < 4.78 is 18.4. The van der Waals surface area contributed by atoms with E-state index in [9.17, 15) is 9.18 Å². The standard InChI is InChI=1S/C15H15FN2O2/c1-10(11-6-4-3-5-7-11)18-14-13(16)8-12(9-17-14)15(19)20-2/h3-10H,1-2H3,(H,17,18)/t10-/m0/s1. The highest BCUT2D eigenvalue weighted by molar-refractivity contribution is 5.89. The van der Waals surface area contributed by atoms with Crippen LogP contribution in [-0.2, 0) is 4.74 Å². The summed E-state index contributed by atoms with van der Waals surface area (Å²) in [6.07, 6.45) is 1.29. The summed E-state index contributed by atoms with van der Waals surface area (Å²) in [4.78, 5) is 15.2. The van der Waals surface area contributed by atoms with Crippen molar-refractivity contribution in [2.45, 2.75) is 13.0 Å². The van der Waals surface area contributed by atoms with E-state index in [2.05, 4.69) is 15.0 Å². The summed E-state index contributed by atoms with van der Waals surface area (Å²) >= 11 is 0. The number of nitrogens with one attached hydrogen (secondary N) is 1. The third kappa shape index (κ3) is 3.12. The quantitative estimate of drug-likeness (QED) is 0.870. The summed E-state index contributed by atoms with van der Waals surface area (Å²) in [5.74, 6) is -1.09. The molecule has 0 radical (unpaired) electrons. The van der Waals surface area contributed by atoms with Crippen LogP contribution in [0.3, 0.4) is 0 Å². The molecule has 1 atom stereocenters. The minimum absolute atomic E-state index is 0.0860. The molecule has 0 spiro atoms. The fourth-order valence-corrected chi connectivity index (χ4v) is 1.80. The van der Waals surface area contributed by atoms with Crippen LogP contribution in [0.2, 0.25) is 0 Å². The third-order valence-electron chi connectivity index (χ3n) is 2.92. The SMILES string of the molecule is COC(=O)c1cnc(N[C@@H](C)c2ccccc2)c(F)c1. The predicted octanol–water partition coefficient (Wildman–Crippen LogP) is 3.18. The molecular formula is C15H15FN2O2. The summed E-state index contributed by atoms with van der Waals surface area (Å²) in [6, 6.07) is 10.6. The Bertz CT molecular complexity index is 602. The van der Waals surface area contributed by atoms with E-state index >= 15 is 0 Å². The van der Waals surface area contributed by atoms with Gasteiger partial charge < -0.3 is 10.1 Å². The van der Waals surface area contributed by atoms with Gasteiger partial charge in [-0.1, -0.05) is 30.3 Å². The van der Waals surface area contributed by atoms with E-state index in [0.717, 1.165) is 11.6 Å². The number of nitrogens with zero attached hydrogens (tertiary/aromatic N) is 1. The maximum absolute atomic E-state index is 13.9. The second kappa shape index (κ2) is 6.14. The Labute approximate surface area is 116 Å². The molecule has 0 aliphatic carbocycles. The van der Waals surface area contributed by atoms with Crippen LogP contribution in [0.1, 0.15) is 28.9 Å². The van der Waals surface area contributed by atoms with E-state index in [1.165, 1.54) is 13.3 Å². The number of hydrogen-bond donors (Lipinski definition) is 1. The highest BCUT2D eigenvalue weighted by Gasteiger charge is 2.13. The van der Waals surface area contributed by atoms with Crippen molar-refractivity contribution >= 4 is 11.8 Å². The van der Waals surface area contributed by atoms with Crippen molar-refractivity contribution in [1.29, 1.82) is 0 Å². The van der Waals surface area contributed by atoms with Crippen molar-refractivity contribution in [3.63, 3.8) is 0 Å². The van der Waals surface area contributed by atoms with Gasteiger partial charge in [-0.2, -0.15) is 0 Å². The van der Waals surface area contributed by atoms with Crippen LogP contribution >= 0.6 is 0 Å². The second-order valence-electron chi connectivity index (χ2n) is 4.32. The molecule has 0 fully saturated rings. The van der Waals surface area contributed by atoms with E-state index in [0.29, 0.717) is 0 Å². The first-order valence-electron chi connectivity index (χ1n) is 6.17. The first-order chi connectivity index (χ1) is 9.61. The molecule has 0 bridgehead atoms. The Hall–Kier alpha value is -2.43. The summed E-state index contributed by atoms with van der Waals surface area (Å²) in [6.45, 7) is 1.91. The molecule has 1 N–H and O–H groups in total. The topological polar surface area (TPSA) is 51.2 Å². The highest BCUT2D eigenvalue weighted by atomic mass is 19.1. The smallest absolute Gasteiger partial charge is 0.339 e. The molecule has 20 heavy (non-hydrogen) atoms. The second-order valence-corrected chi connectivity index (χ2v) is 4.32. The van der Waals surface area contributed by atoms with Gasteiger partial charge in [0.15, 0.2) is 11.6 Å². The molecule has 1 heterocycles. The fourth-order valence-electron chi connectivity index (χ4n) is 1.80. The number of methoxy groups -OCH3 is 1. The lowest BCUT2D eigenvalue weighted by Crippen LogP contribution is -2.11. The molecule has 2 rings (SSSR count). The highest BCUT2D eigenvalue weighted by Crippen LogP contribution is 2.20. The van der Waals surface area contributed by atoms with E-state index in [-0.39, 0.29) is 17.4 Å². The zero-order chi connectivity index (χ0) is 14.5. The molecule has 104 valence electrons. The number of halogens is 1. The van der Waals surface area contributed by atoms with E-state index < -0.39 is 11.8 Å². The minimum Gasteiger partial charge on any atom is -0.465 e. The Morgan fingerprint density at radius 2 is 2.05 bits per heavy atom. The molecule has 0 unspecified atom stereocenters. The average molecular weight is 274 g/mol. The van der Waals surface area contributed by atoms with Gasteiger partial charge in [-0.25, -0.2) is 14.2 Å². The third-order valence-corrected chi connectivity index (χ3v) is 2.92. The number of rotatable bonds is 4. The van der Waals surface area contributed by atoms with Crippen molar-refractivity contribution in [2.24, 2.45) is 0 Å². The van der Waals surface area contributed by atoms with E-state index in [4.69, 9.17) is 0 Å². The minimum atomic E-state index is -0.612. The predicted molar refractivity (Wildman–Crippen MR) is 74.0 cm³/mol. The van der Waals surface area contributed by atoms with Gasteiger partial charge in [0.1, 0.15) is 0 Å². The lowest BCUT2D eigenvalue weighted by molar-refractivity contribution is 0.0599. The van der Waals surface area contributed by atoms with Gasteiger partial charge >= 0.3 is 5.97 Å². The number of anilines is 1. The van der Waals surface area contributed by atoms with Crippen molar-refractivity contribution in [3.05, 3.63) is 59.5 Å². The Morgan fingerprint density at radius 3 is 2.65 bits per heavy atom. The fraction of sp³-hybridized carbons (Fsp3) is 0.200. The Morgan fingerprint density at radius 1 is 1.35 bits per heavy atom. The van der Waals surface area contributed by atoms with Gasteiger partial charge in [0.25, 0.3) is 0 Å². The van der Waals surface area contributed by atoms with Crippen molar-refractivity contribution < 1.29 is 13.9 Å². The monoisotopic (exact) mass is 274 g/mol. The summed E-state index contributed by atoms with van der Waals surface area (Å²) in [5, 5.41) is 2.97. The van der Waals surface area contributed by atoms with Crippen molar-refractivity contribution in [3.8, 4) is 0 Å². The normalized spacial score (nSPS) is 11.8. The van der Waals surface area contributed by atoms with Crippen molar-refractivity contribution in [1.82, 2.24) is 4.98 Å². The van der Waals surface area contributed by atoms with E-state index in [1.807, 2.05) is 37.3 Å². The molecule has 1 aromatic carbocycles. The molecule has 0 saturated carbocycles. The number of benzene rings is 1. The Kier molecular flexibility index (Phi) is 4.30. The summed E-state index contributed by atoms with van der Waals surface area (Å²) in [7, 11) is 1.24. The number of carbonyl (C=O) groups excluding carboxylic acids is 1. The van der Waals surface area contributed by atoms with Crippen LogP contribution in [0.25, 0.3) is 0 Å². The number of carbonyl (C=O) groups is 1. The molecule has 0 amide bonds. The lowest BCUT2D eigenvalue weighted by Gasteiger charge is -2.15.